The molecule has 12 heteroatoms. The number of sulfone groups is 1. The van der Waals surface area contributed by atoms with Gasteiger partial charge in [0.2, 0.25) is 9.84 Å². The van der Waals surface area contributed by atoms with Crippen LogP contribution >= 0.6 is 0 Å². The number of ether oxygens (including phenoxy) is 1. The summed E-state index contributed by atoms with van der Waals surface area (Å²) < 4.78 is 67.9. The van der Waals surface area contributed by atoms with E-state index in [1.807, 2.05) is 0 Å². The van der Waals surface area contributed by atoms with Gasteiger partial charge in [-0.15, -0.1) is 5.10 Å². The molecule has 0 aliphatic rings. The van der Waals surface area contributed by atoms with Gasteiger partial charge in [-0.05, 0) is 26.0 Å². The zero-order valence-corrected chi connectivity index (χ0v) is 15.3. The number of hydrogen-bond donors (Lipinski definition) is 0. The van der Waals surface area contributed by atoms with Gasteiger partial charge in [-0.1, -0.05) is 12.1 Å². The fourth-order valence-corrected chi connectivity index (χ4v) is 3.38. The minimum atomic E-state index is -4.63. The van der Waals surface area contributed by atoms with Gasteiger partial charge in [0.15, 0.2) is 6.61 Å². The van der Waals surface area contributed by atoms with E-state index in [0.29, 0.717) is 13.1 Å². The Bertz CT molecular complexity index is 908. The number of carbonyl (C=O) groups excluding carboxylic acids is 1. The minimum absolute atomic E-state index is 0.380. The number of nitrogens with zero attached hydrogens (tertiary/aromatic N) is 4. The van der Waals surface area contributed by atoms with Gasteiger partial charge in [-0.2, -0.15) is 17.9 Å². The molecule has 0 bridgehead atoms. The first kappa shape index (κ1) is 20.7. The Hall–Kier alpha value is -2.63. The average Bonchev–Trinajstić information content (AvgIpc) is 3.11. The fourth-order valence-electron chi connectivity index (χ4n) is 2.15. The largest absolute Gasteiger partial charge is 0.483 e. The Balaban J connectivity index is 2.36. The van der Waals surface area contributed by atoms with E-state index in [4.69, 9.17) is 0 Å². The van der Waals surface area contributed by atoms with Crippen molar-refractivity contribution in [2.75, 3.05) is 19.7 Å². The van der Waals surface area contributed by atoms with Gasteiger partial charge in [0.1, 0.15) is 17.0 Å². The van der Waals surface area contributed by atoms with E-state index < -0.39 is 44.5 Å². The van der Waals surface area contributed by atoms with Crippen LogP contribution in [0.4, 0.5) is 18.0 Å². The van der Waals surface area contributed by atoms with E-state index in [9.17, 15) is 26.4 Å². The summed E-state index contributed by atoms with van der Waals surface area (Å²) in [6, 6.07) is 4.26. The maximum Gasteiger partial charge on any atom is 0.422 e. The molecule has 148 valence electrons. The Morgan fingerprint density at radius 1 is 1.22 bits per heavy atom. The lowest BCUT2D eigenvalue weighted by molar-refractivity contribution is -0.153. The molecule has 1 heterocycles. The van der Waals surface area contributed by atoms with Gasteiger partial charge in [-0.25, -0.2) is 18.2 Å². The molecule has 2 rings (SSSR count). The Labute approximate surface area is 153 Å². The molecule has 27 heavy (non-hydrogen) atoms. The summed E-state index contributed by atoms with van der Waals surface area (Å²) in [5.41, 5.74) is 0. The van der Waals surface area contributed by atoms with E-state index in [0.717, 1.165) is 23.1 Å². The summed E-state index contributed by atoms with van der Waals surface area (Å²) in [5, 5.41) is 2.96. The molecule has 0 spiro atoms. The highest BCUT2D eigenvalue weighted by Crippen LogP contribution is 2.29. The first-order valence-corrected chi connectivity index (χ1v) is 9.33. The number of rotatable bonds is 6. The molecule has 0 saturated carbocycles. The summed E-state index contributed by atoms with van der Waals surface area (Å²) >= 11 is 0. The zero-order valence-electron chi connectivity index (χ0n) is 14.5. The quantitative estimate of drug-likeness (QED) is 0.731. The van der Waals surface area contributed by atoms with Crippen molar-refractivity contribution in [3.05, 3.63) is 30.6 Å². The normalized spacial score (nSPS) is 12.0. The van der Waals surface area contributed by atoms with Crippen molar-refractivity contribution in [1.82, 2.24) is 19.7 Å². The average molecular weight is 406 g/mol. The molecule has 1 aromatic carbocycles. The number of benzene rings is 1. The summed E-state index contributed by atoms with van der Waals surface area (Å²) in [5.74, 6) is -0.485. The van der Waals surface area contributed by atoms with Crippen LogP contribution in [-0.4, -0.2) is 60.0 Å². The van der Waals surface area contributed by atoms with Crippen LogP contribution in [0.3, 0.4) is 0 Å². The number of alkyl halides is 3. The van der Waals surface area contributed by atoms with Gasteiger partial charge in [-0.3, -0.25) is 0 Å². The van der Waals surface area contributed by atoms with Crippen molar-refractivity contribution >= 4 is 15.9 Å². The third-order valence-corrected chi connectivity index (χ3v) is 5.06. The molecule has 0 N–H and O–H groups in total. The van der Waals surface area contributed by atoms with Crippen LogP contribution in [0.25, 0.3) is 0 Å². The number of aromatic nitrogens is 3. The molecule has 0 atom stereocenters. The van der Waals surface area contributed by atoms with Crippen molar-refractivity contribution in [3.63, 3.8) is 0 Å². The fraction of sp³-hybridized carbons (Fsp3) is 0.400. The molecule has 1 amide bonds. The number of carbonyl (C=O) groups is 1. The molecular formula is C15H17F3N4O4S. The molecule has 0 fully saturated rings. The van der Waals surface area contributed by atoms with Crippen molar-refractivity contribution in [2.24, 2.45) is 0 Å². The number of para-hydroxylation sites is 1. The summed E-state index contributed by atoms with van der Waals surface area (Å²) in [6.45, 7) is 2.59. The van der Waals surface area contributed by atoms with E-state index >= 15 is 0 Å². The molecule has 0 aliphatic carbocycles. The van der Waals surface area contributed by atoms with E-state index in [1.54, 1.807) is 13.8 Å². The van der Waals surface area contributed by atoms with E-state index in [1.165, 1.54) is 17.0 Å². The summed E-state index contributed by atoms with van der Waals surface area (Å²) in [6.07, 6.45) is -3.69. The first-order valence-electron chi connectivity index (χ1n) is 7.84. The molecule has 1 aromatic heterocycles. The highest BCUT2D eigenvalue weighted by molar-refractivity contribution is 7.91. The lowest BCUT2D eigenvalue weighted by Gasteiger charge is -2.17. The molecular weight excluding hydrogens is 389 g/mol. The second-order valence-electron chi connectivity index (χ2n) is 5.28. The molecule has 2 aromatic rings. The maximum absolute atomic E-state index is 12.7. The van der Waals surface area contributed by atoms with Gasteiger partial charge < -0.3 is 9.64 Å². The Morgan fingerprint density at radius 3 is 2.44 bits per heavy atom. The number of hydrogen-bond acceptors (Lipinski definition) is 6. The molecule has 0 radical (unpaired) electrons. The lowest BCUT2D eigenvalue weighted by atomic mass is 10.3. The predicted octanol–water partition coefficient (Wildman–Crippen LogP) is 2.36. The first-order chi connectivity index (χ1) is 12.6. The van der Waals surface area contributed by atoms with Crippen LogP contribution in [0.1, 0.15) is 13.8 Å². The van der Waals surface area contributed by atoms with Crippen LogP contribution in [-0.2, 0) is 9.84 Å². The highest BCUT2D eigenvalue weighted by atomic mass is 32.2. The van der Waals surface area contributed by atoms with Crippen LogP contribution in [0.15, 0.2) is 40.6 Å². The standard InChI is InChI=1S/C15H17F3N4O4S/c1-3-21(4-2)14(23)22-10-19-13(20-22)27(24,25)12-8-6-5-7-11(12)26-9-15(16,17)18/h5-8,10H,3-4,9H2,1-2H3. The Morgan fingerprint density at radius 2 is 1.85 bits per heavy atom. The van der Waals surface area contributed by atoms with Crippen LogP contribution in [0.5, 0.6) is 5.75 Å². The van der Waals surface area contributed by atoms with Gasteiger partial charge in [0.25, 0.3) is 5.16 Å². The summed E-state index contributed by atoms with van der Waals surface area (Å²) in [4.78, 5) is 16.7. The Kier molecular flexibility index (Phi) is 6.08. The highest BCUT2D eigenvalue weighted by Gasteiger charge is 2.32. The van der Waals surface area contributed by atoms with Gasteiger partial charge in [0.05, 0.1) is 0 Å². The molecule has 0 unspecified atom stereocenters. The molecule has 8 nitrogen and oxygen atoms in total. The SMILES string of the molecule is CCN(CC)C(=O)n1cnc(S(=O)(=O)c2ccccc2OCC(F)(F)F)n1. The van der Waals surface area contributed by atoms with E-state index in [2.05, 4.69) is 14.8 Å². The third-order valence-electron chi connectivity index (χ3n) is 3.47. The van der Waals surface area contributed by atoms with E-state index in [-0.39, 0.29) is 0 Å². The smallest absolute Gasteiger partial charge is 0.422 e. The number of halogens is 3. The third kappa shape index (κ3) is 4.76. The zero-order chi connectivity index (χ0) is 20.2. The molecule has 0 aliphatic heterocycles. The minimum Gasteiger partial charge on any atom is -0.483 e. The van der Waals surface area contributed by atoms with Crippen LogP contribution < -0.4 is 4.74 Å². The second-order valence-corrected chi connectivity index (χ2v) is 7.09. The van der Waals surface area contributed by atoms with Gasteiger partial charge >= 0.3 is 12.2 Å². The van der Waals surface area contributed by atoms with Crippen LogP contribution in [0, 0.1) is 0 Å². The number of amides is 1. The second kappa shape index (κ2) is 7.94. The monoisotopic (exact) mass is 406 g/mol. The summed E-state index contributed by atoms with van der Waals surface area (Å²) in [7, 11) is -4.40. The van der Waals surface area contributed by atoms with Crippen LogP contribution in [0.2, 0.25) is 0 Å². The van der Waals surface area contributed by atoms with Crippen molar-refractivity contribution in [1.29, 1.82) is 0 Å². The van der Waals surface area contributed by atoms with Crippen molar-refractivity contribution < 1.29 is 31.1 Å². The predicted molar refractivity (Wildman–Crippen MR) is 87.2 cm³/mol. The van der Waals surface area contributed by atoms with Crippen molar-refractivity contribution in [3.8, 4) is 5.75 Å². The lowest BCUT2D eigenvalue weighted by Crippen LogP contribution is -2.34. The van der Waals surface area contributed by atoms with Gasteiger partial charge in [0, 0.05) is 13.1 Å². The maximum atomic E-state index is 12.7. The topological polar surface area (TPSA) is 94.4 Å². The molecule has 0 saturated heterocycles. The van der Waals surface area contributed by atoms with Crippen molar-refractivity contribution in [2.45, 2.75) is 30.1 Å².